The summed E-state index contributed by atoms with van der Waals surface area (Å²) in [5, 5.41) is 3.59. The summed E-state index contributed by atoms with van der Waals surface area (Å²) < 4.78 is 5.55. The molecule has 0 spiro atoms. The molecule has 6 rings (SSSR count). The van der Waals surface area contributed by atoms with Gasteiger partial charge in [-0.15, -0.1) is 11.3 Å². The zero-order valence-electron chi connectivity index (χ0n) is 19.8. The average Bonchev–Trinajstić information content (AvgIpc) is 3.51. The molecule has 0 radical (unpaired) electrons. The Kier molecular flexibility index (Phi) is 5.36. The molecule has 5 atom stereocenters. The molecule has 1 amide bonds. The van der Waals surface area contributed by atoms with Gasteiger partial charge < -0.3 is 9.73 Å². The summed E-state index contributed by atoms with van der Waals surface area (Å²) in [5.41, 5.74) is 4.46. The molecule has 2 aromatic heterocycles. The van der Waals surface area contributed by atoms with Gasteiger partial charge in [0.15, 0.2) is 17.1 Å². The minimum absolute atomic E-state index is 0.0196. The maximum Gasteiger partial charge on any atom is 0.226 e. The lowest BCUT2D eigenvalue weighted by molar-refractivity contribution is -0.129. The number of ketones is 1. The van der Waals surface area contributed by atoms with Crippen LogP contribution in [0.5, 0.6) is 0 Å². The van der Waals surface area contributed by atoms with Gasteiger partial charge in [0.05, 0.1) is 0 Å². The molecule has 3 unspecified atom stereocenters. The van der Waals surface area contributed by atoms with Crippen molar-refractivity contribution in [1.29, 1.82) is 0 Å². The Bertz CT molecular complexity index is 1260. The van der Waals surface area contributed by atoms with Crippen LogP contribution < -0.4 is 5.32 Å². The van der Waals surface area contributed by atoms with Crippen LogP contribution in [0.1, 0.15) is 73.8 Å². The number of benzene rings is 1. The number of hydrogen-bond donors (Lipinski definition) is 1. The largest absolute Gasteiger partial charge is 0.443 e. The molecule has 0 aliphatic heterocycles. The third-order valence-corrected chi connectivity index (χ3v) is 9.73. The van der Waals surface area contributed by atoms with Gasteiger partial charge in [0.2, 0.25) is 5.91 Å². The molecule has 2 saturated carbocycles. The molecular weight excluding hydrogens is 446 g/mol. The van der Waals surface area contributed by atoms with Crippen molar-refractivity contribution in [2.75, 3.05) is 5.32 Å². The standard InChI is InChI=1S/C27H31N3O3S/c1-15-13-28-26(34-15)30-23(32)5-3-4-16-12-22(31)27(2)11-10-18-17-8-9-21-25(29-14-33-21)20(17)7-6-19(18)24(16)27/h8-9,13-14,16,18-19,24H,3-7,10-12H2,1-2H3,(H,28,30,32)/t16-,18?,19?,24?,27-/m1/s1. The van der Waals surface area contributed by atoms with E-state index in [1.807, 2.05) is 6.92 Å². The lowest BCUT2D eigenvalue weighted by atomic mass is 9.54. The van der Waals surface area contributed by atoms with Crippen LogP contribution in [0.2, 0.25) is 0 Å². The fourth-order valence-corrected chi connectivity index (χ4v) is 8.12. The molecule has 34 heavy (non-hydrogen) atoms. The van der Waals surface area contributed by atoms with Crippen molar-refractivity contribution in [2.45, 2.75) is 71.1 Å². The highest BCUT2D eigenvalue weighted by molar-refractivity contribution is 7.15. The quantitative estimate of drug-likeness (QED) is 0.483. The molecular formula is C27H31N3O3S. The van der Waals surface area contributed by atoms with Gasteiger partial charge in [-0.05, 0) is 86.3 Å². The summed E-state index contributed by atoms with van der Waals surface area (Å²) in [5.74, 6) is 2.27. The van der Waals surface area contributed by atoms with Crippen LogP contribution in [-0.2, 0) is 16.0 Å². The molecule has 2 heterocycles. The SMILES string of the molecule is Cc1cnc(NC(=O)CCC[C@@H]2CC(=O)[C@@]3(C)CCC4c5ccc6ocnc6c5CCC4C23)s1. The highest BCUT2D eigenvalue weighted by Crippen LogP contribution is 2.62. The summed E-state index contributed by atoms with van der Waals surface area (Å²) >= 11 is 1.50. The van der Waals surface area contributed by atoms with Crippen LogP contribution in [-0.4, -0.2) is 21.7 Å². The van der Waals surface area contributed by atoms with E-state index >= 15 is 0 Å². The van der Waals surface area contributed by atoms with Gasteiger partial charge in [0, 0.05) is 29.3 Å². The van der Waals surface area contributed by atoms with Crippen molar-refractivity contribution < 1.29 is 14.0 Å². The third-order valence-electron chi connectivity index (χ3n) is 8.90. The molecule has 7 heteroatoms. The minimum atomic E-state index is -0.206. The molecule has 6 nitrogen and oxygen atoms in total. The normalized spacial score (nSPS) is 30.1. The number of fused-ring (bicyclic) bond motifs is 7. The summed E-state index contributed by atoms with van der Waals surface area (Å²) in [4.78, 5) is 35.5. The number of hydrogen-bond acceptors (Lipinski definition) is 6. The smallest absolute Gasteiger partial charge is 0.226 e. The van der Waals surface area contributed by atoms with E-state index in [1.54, 1.807) is 12.6 Å². The van der Waals surface area contributed by atoms with E-state index in [9.17, 15) is 9.59 Å². The van der Waals surface area contributed by atoms with Gasteiger partial charge in [-0.25, -0.2) is 9.97 Å². The summed E-state index contributed by atoms with van der Waals surface area (Å²) in [6.07, 6.45) is 10.4. The number of aryl methyl sites for hydroxylation is 2. The molecule has 178 valence electrons. The van der Waals surface area contributed by atoms with E-state index in [0.29, 0.717) is 47.4 Å². The number of Topliss-reactive ketones (excluding diaryl/α,β-unsaturated/α-hetero) is 1. The van der Waals surface area contributed by atoms with Gasteiger partial charge in [-0.1, -0.05) is 13.0 Å². The van der Waals surface area contributed by atoms with Crippen molar-refractivity contribution in [2.24, 2.45) is 23.2 Å². The first-order valence-electron chi connectivity index (χ1n) is 12.5. The van der Waals surface area contributed by atoms with E-state index < -0.39 is 0 Å². The Labute approximate surface area is 203 Å². The molecule has 0 saturated heterocycles. The fraction of sp³-hybridized carbons (Fsp3) is 0.556. The number of rotatable bonds is 5. The number of carbonyl (C=O) groups is 2. The van der Waals surface area contributed by atoms with Gasteiger partial charge in [-0.3, -0.25) is 9.59 Å². The second kappa shape index (κ2) is 8.29. The molecule has 0 bridgehead atoms. The summed E-state index contributed by atoms with van der Waals surface area (Å²) in [7, 11) is 0. The molecule has 3 aliphatic rings. The van der Waals surface area contributed by atoms with Gasteiger partial charge in [0.25, 0.3) is 0 Å². The Balaban J connectivity index is 1.18. The lowest BCUT2D eigenvalue weighted by Gasteiger charge is -2.50. The van der Waals surface area contributed by atoms with Crippen molar-refractivity contribution in [1.82, 2.24) is 9.97 Å². The highest BCUT2D eigenvalue weighted by atomic mass is 32.1. The predicted molar refractivity (Wildman–Crippen MR) is 132 cm³/mol. The first kappa shape index (κ1) is 22.0. The van der Waals surface area contributed by atoms with Crippen LogP contribution in [0.15, 0.2) is 29.1 Å². The maximum atomic E-state index is 13.2. The Morgan fingerprint density at radius 3 is 3.00 bits per heavy atom. The van der Waals surface area contributed by atoms with Gasteiger partial charge in [0.1, 0.15) is 11.3 Å². The monoisotopic (exact) mass is 477 g/mol. The second-order valence-electron chi connectivity index (χ2n) is 10.7. The zero-order valence-corrected chi connectivity index (χ0v) is 20.6. The lowest BCUT2D eigenvalue weighted by Crippen LogP contribution is -2.44. The number of nitrogens with one attached hydrogen (secondary N) is 1. The van der Waals surface area contributed by atoms with E-state index in [0.717, 1.165) is 54.5 Å². The van der Waals surface area contributed by atoms with Crippen LogP contribution in [0, 0.1) is 30.1 Å². The number of amides is 1. The summed E-state index contributed by atoms with van der Waals surface area (Å²) in [6, 6.07) is 4.32. The highest BCUT2D eigenvalue weighted by Gasteiger charge is 2.58. The number of anilines is 1. The van der Waals surface area contributed by atoms with Crippen LogP contribution in [0.4, 0.5) is 5.13 Å². The van der Waals surface area contributed by atoms with Gasteiger partial charge in [-0.2, -0.15) is 0 Å². The predicted octanol–water partition coefficient (Wildman–Crippen LogP) is 6.05. The number of aromatic nitrogens is 2. The molecule has 2 fully saturated rings. The maximum absolute atomic E-state index is 13.2. The third kappa shape index (κ3) is 3.51. The van der Waals surface area contributed by atoms with Crippen LogP contribution >= 0.6 is 11.3 Å². The fourth-order valence-electron chi connectivity index (χ4n) is 7.44. The Morgan fingerprint density at radius 1 is 1.29 bits per heavy atom. The van der Waals surface area contributed by atoms with Crippen molar-refractivity contribution in [3.8, 4) is 0 Å². The van der Waals surface area contributed by atoms with Crippen LogP contribution in [0.25, 0.3) is 11.1 Å². The molecule has 1 N–H and O–H groups in total. The number of thiazole rings is 1. The van der Waals surface area contributed by atoms with E-state index in [4.69, 9.17) is 4.42 Å². The Morgan fingerprint density at radius 2 is 2.18 bits per heavy atom. The number of carbonyl (C=O) groups excluding carboxylic acids is 2. The van der Waals surface area contributed by atoms with Crippen molar-refractivity contribution >= 4 is 39.3 Å². The van der Waals surface area contributed by atoms with Crippen LogP contribution in [0.3, 0.4) is 0 Å². The zero-order chi connectivity index (χ0) is 23.4. The van der Waals surface area contributed by atoms with Gasteiger partial charge >= 0.3 is 0 Å². The molecule has 3 aromatic rings. The van der Waals surface area contributed by atoms with Crippen molar-refractivity contribution in [3.63, 3.8) is 0 Å². The first-order chi connectivity index (χ1) is 16.4. The molecule has 3 aliphatic carbocycles. The average molecular weight is 478 g/mol. The van der Waals surface area contributed by atoms with E-state index in [2.05, 4.69) is 34.3 Å². The number of nitrogens with zero attached hydrogens (tertiary/aromatic N) is 2. The number of oxazole rings is 1. The minimum Gasteiger partial charge on any atom is -0.443 e. The van der Waals surface area contributed by atoms with Crippen molar-refractivity contribution in [3.05, 3.63) is 40.7 Å². The van der Waals surface area contributed by atoms with E-state index in [-0.39, 0.29) is 11.3 Å². The summed E-state index contributed by atoms with van der Waals surface area (Å²) in [6.45, 7) is 4.21. The second-order valence-corrected chi connectivity index (χ2v) is 12.0. The molecule has 1 aromatic carbocycles. The Hall–Kier alpha value is -2.54. The van der Waals surface area contributed by atoms with E-state index in [1.165, 1.54) is 22.5 Å². The topological polar surface area (TPSA) is 85.1 Å². The first-order valence-corrected chi connectivity index (χ1v) is 13.4.